The van der Waals surface area contributed by atoms with E-state index in [9.17, 15) is 4.79 Å². The average molecular weight is 257 g/mol. The summed E-state index contributed by atoms with van der Waals surface area (Å²) < 4.78 is 0. The highest BCUT2D eigenvalue weighted by atomic mass is 32.1. The number of benzene rings is 1. The van der Waals surface area contributed by atoms with Crippen LogP contribution in [0.15, 0.2) is 36.0 Å². The number of hydrogen-bond acceptors (Lipinski definition) is 4. The summed E-state index contributed by atoms with van der Waals surface area (Å²) >= 11 is 1.31. The number of carbonyl (C=O) groups excluding carboxylic acids is 1. The number of nitrogens with two attached hydrogens (primary N) is 1. The van der Waals surface area contributed by atoms with Crippen molar-refractivity contribution in [2.75, 3.05) is 11.9 Å². The number of thiazole rings is 1. The minimum absolute atomic E-state index is 0.154. The molecule has 1 aromatic carbocycles. The van der Waals surface area contributed by atoms with Gasteiger partial charge in [-0.3, -0.25) is 9.78 Å². The molecule has 2 aromatic rings. The number of aromatic nitrogens is 1. The van der Waals surface area contributed by atoms with Gasteiger partial charge in [0.2, 0.25) is 0 Å². The second-order valence-electron chi connectivity index (χ2n) is 3.40. The number of rotatable bonds is 2. The first-order chi connectivity index (χ1) is 8.79. The molecule has 0 unspecified atom stereocenters. The van der Waals surface area contributed by atoms with E-state index < -0.39 is 0 Å². The molecule has 1 aromatic heterocycles. The third-order valence-electron chi connectivity index (χ3n) is 2.13. The number of anilines is 1. The summed E-state index contributed by atoms with van der Waals surface area (Å²) in [5.41, 5.74) is 8.52. The molecule has 0 saturated carbocycles. The number of nitrogens with zero attached hydrogens (tertiary/aromatic N) is 1. The van der Waals surface area contributed by atoms with Crippen LogP contribution in [0.3, 0.4) is 0 Å². The van der Waals surface area contributed by atoms with E-state index in [4.69, 9.17) is 5.73 Å². The van der Waals surface area contributed by atoms with Crippen LogP contribution in [0.25, 0.3) is 0 Å². The predicted octanol–water partition coefficient (Wildman–Crippen LogP) is 1.71. The molecule has 0 atom stereocenters. The molecule has 0 aliphatic heterocycles. The summed E-state index contributed by atoms with van der Waals surface area (Å²) in [7, 11) is 0. The molecule has 0 radical (unpaired) electrons. The van der Waals surface area contributed by atoms with E-state index in [2.05, 4.69) is 22.1 Å². The van der Waals surface area contributed by atoms with Crippen LogP contribution in [-0.2, 0) is 0 Å². The summed E-state index contributed by atoms with van der Waals surface area (Å²) in [5.74, 6) is 5.53. The third kappa shape index (κ3) is 3.17. The van der Waals surface area contributed by atoms with Gasteiger partial charge in [0.05, 0.1) is 18.3 Å². The van der Waals surface area contributed by atoms with Crippen molar-refractivity contribution in [2.24, 2.45) is 5.73 Å². The van der Waals surface area contributed by atoms with Crippen molar-refractivity contribution in [1.29, 1.82) is 0 Å². The molecule has 3 N–H and O–H groups in total. The van der Waals surface area contributed by atoms with Gasteiger partial charge >= 0.3 is 0 Å². The molecular formula is C13H11N3OS. The molecule has 1 heterocycles. The van der Waals surface area contributed by atoms with Crippen molar-refractivity contribution in [3.8, 4) is 11.8 Å². The zero-order valence-corrected chi connectivity index (χ0v) is 10.3. The van der Waals surface area contributed by atoms with Crippen LogP contribution in [0, 0.1) is 11.8 Å². The SMILES string of the molecule is NCC#Cc1ccc(NC(=O)c2cncs2)cc1. The lowest BCUT2D eigenvalue weighted by atomic mass is 10.2. The smallest absolute Gasteiger partial charge is 0.267 e. The van der Waals surface area contributed by atoms with E-state index in [0.29, 0.717) is 11.4 Å². The summed E-state index contributed by atoms with van der Waals surface area (Å²) in [4.78, 5) is 16.2. The average Bonchev–Trinajstić information content (AvgIpc) is 2.92. The van der Waals surface area contributed by atoms with E-state index in [0.717, 1.165) is 11.3 Å². The van der Waals surface area contributed by atoms with Crippen LogP contribution in [0.2, 0.25) is 0 Å². The van der Waals surface area contributed by atoms with Gasteiger partial charge in [-0.1, -0.05) is 11.8 Å². The second-order valence-corrected chi connectivity index (χ2v) is 4.29. The van der Waals surface area contributed by atoms with Gasteiger partial charge in [-0.05, 0) is 24.3 Å². The summed E-state index contributed by atoms with van der Waals surface area (Å²) in [6, 6.07) is 7.29. The molecule has 0 aliphatic rings. The number of nitrogens with one attached hydrogen (secondary N) is 1. The zero-order valence-electron chi connectivity index (χ0n) is 9.51. The monoisotopic (exact) mass is 257 g/mol. The molecule has 0 bridgehead atoms. The fourth-order valence-electron chi connectivity index (χ4n) is 1.31. The molecule has 18 heavy (non-hydrogen) atoms. The molecule has 4 nitrogen and oxygen atoms in total. The van der Waals surface area contributed by atoms with Crippen molar-refractivity contribution in [3.05, 3.63) is 46.4 Å². The van der Waals surface area contributed by atoms with Crippen LogP contribution in [-0.4, -0.2) is 17.4 Å². The molecule has 0 aliphatic carbocycles. The first kappa shape index (κ1) is 12.3. The second kappa shape index (κ2) is 5.96. The molecule has 0 fully saturated rings. The van der Waals surface area contributed by atoms with E-state index in [1.54, 1.807) is 23.8 Å². The molecule has 1 amide bonds. The highest BCUT2D eigenvalue weighted by Crippen LogP contribution is 2.12. The standard InChI is InChI=1S/C13H11N3OS/c14-7-1-2-10-3-5-11(6-4-10)16-13(17)12-8-15-9-18-12/h3-6,8-9H,7,14H2,(H,16,17). The third-order valence-corrected chi connectivity index (χ3v) is 2.91. The first-order valence-corrected chi connectivity index (χ1v) is 6.16. The predicted molar refractivity (Wildman–Crippen MR) is 72.4 cm³/mol. The summed E-state index contributed by atoms with van der Waals surface area (Å²) in [5, 5.41) is 2.79. The fourth-order valence-corrected chi connectivity index (χ4v) is 1.83. The van der Waals surface area contributed by atoms with Gasteiger partial charge < -0.3 is 11.1 Å². The molecule has 0 spiro atoms. The van der Waals surface area contributed by atoms with Crippen molar-refractivity contribution in [3.63, 3.8) is 0 Å². The van der Waals surface area contributed by atoms with E-state index in [1.165, 1.54) is 11.3 Å². The minimum Gasteiger partial charge on any atom is -0.321 e. The van der Waals surface area contributed by atoms with Gasteiger partial charge in [-0.2, -0.15) is 0 Å². The van der Waals surface area contributed by atoms with Crippen molar-refractivity contribution < 1.29 is 4.79 Å². The van der Waals surface area contributed by atoms with Crippen molar-refractivity contribution >= 4 is 22.9 Å². The Bertz CT molecular complexity index is 579. The maximum Gasteiger partial charge on any atom is 0.267 e. The Morgan fingerprint density at radius 2 is 2.17 bits per heavy atom. The Morgan fingerprint density at radius 3 is 2.78 bits per heavy atom. The van der Waals surface area contributed by atoms with Gasteiger partial charge in [0.1, 0.15) is 4.88 Å². The van der Waals surface area contributed by atoms with Gasteiger partial charge in [-0.15, -0.1) is 11.3 Å². The first-order valence-electron chi connectivity index (χ1n) is 5.28. The Balaban J connectivity index is 2.04. The van der Waals surface area contributed by atoms with Crippen molar-refractivity contribution in [2.45, 2.75) is 0 Å². The maximum atomic E-state index is 11.7. The quantitative estimate of drug-likeness (QED) is 0.805. The Kier molecular flexibility index (Phi) is 4.07. The van der Waals surface area contributed by atoms with Gasteiger partial charge in [-0.25, -0.2) is 0 Å². The van der Waals surface area contributed by atoms with Crippen LogP contribution < -0.4 is 11.1 Å². The lowest BCUT2D eigenvalue weighted by Gasteiger charge is -2.02. The normalized spacial score (nSPS) is 9.39. The summed E-state index contributed by atoms with van der Waals surface area (Å²) in [6.07, 6.45) is 1.54. The fraction of sp³-hybridized carbons (Fsp3) is 0.0769. The van der Waals surface area contributed by atoms with Crippen LogP contribution in [0.4, 0.5) is 5.69 Å². The lowest BCUT2D eigenvalue weighted by Crippen LogP contribution is -2.09. The lowest BCUT2D eigenvalue weighted by molar-refractivity contribution is 0.103. The van der Waals surface area contributed by atoms with Crippen molar-refractivity contribution in [1.82, 2.24) is 4.98 Å². The maximum absolute atomic E-state index is 11.7. The zero-order chi connectivity index (χ0) is 12.8. The Hall–Kier alpha value is -2.16. The molecule has 2 rings (SSSR count). The molecule has 0 saturated heterocycles. The topological polar surface area (TPSA) is 68.0 Å². The van der Waals surface area contributed by atoms with Gasteiger partial charge in [0.15, 0.2) is 0 Å². The molecule has 90 valence electrons. The van der Waals surface area contributed by atoms with Gasteiger partial charge in [0, 0.05) is 11.3 Å². The number of carbonyl (C=O) groups is 1. The van der Waals surface area contributed by atoms with Crippen LogP contribution in [0.1, 0.15) is 15.2 Å². The highest BCUT2D eigenvalue weighted by molar-refractivity contribution is 7.11. The number of amides is 1. The molecule has 5 heteroatoms. The van der Waals surface area contributed by atoms with E-state index >= 15 is 0 Å². The highest BCUT2D eigenvalue weighted by Gasteiger charge is 2.06. The largest absolute Gasteiger partial charge is 0.321 e. The minimum atomic E-state index is -0.154. The molecular weight excluding hydrogens is 246 g/mol. The van der Waals surface area contributed by atoms with Crippen LogP contribution >= 0.6 is 11.3 Å². The van der Waals surface area contributed by atoms with Crippen LogP contribution in [0.5, 0.6) is 0 Å². The van der Waals surface area contributed by atoms with E-state index in [-0.39, 0.29) is 5.91 Å². The van der Waals surface area contributed by atoms with Gasteiger partial charge in [0.25, 0.3) is 5.91 Å². The Morgan fingerprint density at radius 1 is 1.39 bits per heavy atom. The Labute approximate surface area is 109 Å². The van der Waals surface area contributed by atoms with E-state index in [1.807, 2.05) is 12.1 Å². The summed E-state index contributed by atoms with van der Waals surface area (Å²) in [6.45, 7) is 0.337. The number of hydrogen-bond donors (Lipinski definition) is 2.